The molecule has 1 N–H and O–H groups in total. The Morgan fingerprint density at radius 3 is 2.37 bits per heavy atom. The fourth-order valence-electron chi connectivity index (χ4n) is 2.48. The molecule has 1 heterocycles. The first kappa shape index (κ1) is 14.1. The molecule has 19 heavy (non-hydrogen) atoms. The second-order valence-electron chi connectivity index (χ2n) is 5.11. The molecule has 1 unspecified atom stereocenters. The highest BCUT2D eigenvalue weighted by atomic mass is 35.5. The van der Waals surface area contributed by atoms with Crippen molar-refractivity contribution in [2.45, 2.75) is 39.8 Å². The van der Waals surface area contributed by atoms with Gasteiger partial charge in [0.15, 0.2) is 0 Å². The number of hydrogen-bond acceptors (Lipinski definition) is 2. The van der Waals surface area contributed by atoms with E-state index in [0.717, 1.165) is 16.7 Å². The molecule has 1 aromatic heterocycles. The lowest BCUT2D eigenvalue weighted by atomic mass is 9.90. The fraction of sp³-hybridized carbons (Fsp3) is 0.400. The first-order valence-electron chi connectivity index (χ1n) is 6.39. The molecule has 102 valence electrons. The number of aromatic nitrogens is 2. The monoisotopic (exact) mass is 278 g/mol. The van der Waals surface area contributed by atoms with Gasteiger partial charge in [-0.25, -0.2) is 0 Å². The summed E-state index contributed by atoms with van der Waals surface area (Å²) in [6.07, 6.45) is 1.58. The number of rotatable bonds is 3. The van der Waals surface area contributed by atoms with Gasteiger partial charge in [-0.05, 0) is 33.3 Å². The Balaban J connectivity index is 2.60. The smallest absolute Gasteiger partial charge is 0.130 e. The van der Waals surface area contributed by atoms with Crippen molar-refractivity contribution < 1.29 is 5.11 Å². The zero-order valence-electron chi connectivity index (χ0n) is 11.7. The molecule has 0 aliphatic rings. The number of aryl methyl sites for hydroxylation is 3. The van der Waals surface area contributed by atoms with E-state index < -0.39 is 5.60 Å². The van der Waals surface area contributed by atoms with E-state index in [4.69, 9.17) is 11.6 Å². The highest BCUT2D eigenvalue weighted by Gasteiger charge is 2.32. The molecule has 0 spiro atoms. The van der Waals surface area contributed by atoms with Crippen LogP contribution in [-0.4, -0.2) is 14.9 Å². The normalized spacial score (nSPS) is 14.4. The van der Waals surface area contributed by atoms with Crippen molar-refractivity contribution >= 4 is 11.6 Å². The van der Waals surface area contributed by atoms with Crippen molar-refractivity contribution in [3.8, 4) is 0 Å². The van der Waals surface area contributed by atoms with E-state index in [1.807, 2.05) is 32.9 Å². The van der Waals surface area contributed by atoms with Gasteiger partial charge in [0, 0.05) is 6.54 Å². The minimum atomic E-state index is -1.15. The van der Waals surface area contributed by atoms with Crippen LogP contribution in [0.3, 0.4) is 0 Å². The van der Waals surface area contributed by atoms with Gasteiger partial charge >= 0.3 is 0 Å². The van der Waals surface area contributed by atoms with Crippen LogP contribution in [-0.2, 0) is 12.1 Å². The summed E-state index contributed by atoms with van der Waals surface area (Å²) in [6, 6.07) is 6.05. The van der Waals surface area contributed by atoms with E-state index in [2.05, 4.69) is 11.2 Å². The van der Waals surface area contributed by atoms with Gasteiger partial charge in [-0.3, -0.25) is 4.68 Å². The van der Waals surface area contributed by atoms with Crippen LogP contribution in [0.25, 0.3) is 0 Å². The summed E-state index contributed by atoms with van der Waals surface area (Å²) in [5, 5.41) is 15.6. The lowest BCUT2D eigenvalue weighted by Crippen LogP contribution is -2.27. The SMILES string of the molecule is CCn1ncc(Cl)c1C(C)(O)c1cc(C)cc(C)c1. The molecule has 0 aliphatic carbocycles. The lowest BCUT2D eigenvalue weighted by molar-refractivity contribution is 0.0917. The predicted molar refractivity (Wildman–Crippen MR) is 77.5 cm³/mol. The summed E-state index contributed by atoms with van der Waals surface area (Å²) in [6.45, 7) is 8.44. The maximum absolute atomic E-state index is 10.9. The number of nitrogens with zero attached hydrogens (tertiary/aromatic N) is 2. The maximum Gasteiger partial charge on any atom is 0.130 e. The van der Waals surface area contributed by atoms with Gasteiger partial charge in [-0.15, -0.1) is 0 Å². The van der Waals surface area contributed by atoms with E-state index in [1.165, 1.54) is 0 Å². The second-order valence-corrected chi connectivity index (χ2v) is 5.51. The molecular weight excluding hydrogens is 260 g/mol. The number of halogens is 1. The predicted octanol–water partition coefficient (Wildman–Crippen LogP) is 3.43. The van der Waals surface area contributed by atoms with Crippen molar-refractivity contribution in [1.82, 2.24) is 9.78 Å². The first-order chi connectivity index (χ1) is 8.86. The highest BCUT2D eigenvalue weighted by Crippen LogP contribution is 2.34. The van der Waals surface area contributed by atoms with Crippen LogP contribution in [0.4, 0.5) is 0 Å². The average Bonchev–Trinajstić information content (AvgIpc) is 2.69. The second kappa shape index (κ2) is 4.99. The van der Waals surface area contributed by atoms with Crippen LogP contribution in [0.15, 0.2) is 24.4 Å². The topological polar surface area (TPSA) is 38.0 Å². The van der Waals surface area contributed by atoms with E-state index in [1.54, 1.807) is 17.8 Å². The maximum atomic E-state index is 10.9. The summed E-state index contributed by atoms with van der Waals surface area (Å²) in [7, 11) is 0. The van der Waals surface area contributed by atoms with Crippen molar-refractivity contribution in [2.75, 3.05) is 0 Å². The molecule has 0 fully saturated rings. The summed E-state index contributed by atoms with van der Waals surface area (Å²) < 4.78 is 1.74. The standard InChI is InChI=1S/C15H19ClN2O/c1-5-18-14(13(16)9-17-18)15(4,19)12-7-10(2)6-11(3)8-12/h6-9,19H,5H2,1-4H3. The quantitative estimate of drug-likeness (QED) is 0.934. The van der Waals surface area contributed by atoms with Crippen molar-refractivity contribution in [3.05, 3.63) is 51.8 Å². The summed E-state index contributed by atoms with van der Waals surface area (Å²) in [4.78, 5) is 0. The van der Waals surface area contributed by atoms with Gasteiger partial charge in [0.25, 0.3) is 0 Å². The van der Waals surface area contributed by atoms with E-state index in [9.17, 15) is 5.11 Å². The summed E-state index contributed by atoms with van der Waals surface area (Å²) >= 11 is 6.19. The van der Waals surface area contributed by atoms with Gasteiger partial charge in [-0.2, -0.15) is 5.10 Å². The first-order valence-corrected chi connectivity index (χ1v) is 6.77. The Labute approximate surface area is 118 Å². The minimum absolute atomic E-state index is 0.492. The van der Waals surface area contributed by atoms with Gasteiger partial charge in [0.2, 0.25) is 0 Å². The van der Waals surface area contributed by atoms with Crippen LogP contribution in [0.1, 0.15) is 36.2 Å². The van der Waals surface area contributed by atoms with Crippen LogP contribution in [0.5, 0.6) is 0 Å². The van der Waals surface area contributed by atoms with Crippen LogP contribution in [0, 0.1) is 13.8 Å². The van der Waals surface area contributed by atoms with Crippen LogP contribution in [0.2, 0.25) is 5.02 Å². The third-order valence-corrected chi connectivity index (χ3v) is 3.62. The molecule has 0 saturated carbocycles. The fourth-order valence-corrected chi connectivity index (χ4v) is 2.80. The lowest BCUT2D eigenvalue weighted by Gasteiger charge is -2.26. The van der Waals surface area contributed by atoms with E-state index in [-0.39, 0.29) is 0 Å². The molecule has 0 saturated heterocycles. The average molecular weight is 279 g/mol. The van der Waals surface area contributed by atoms with Crippen molar-refractivity contribution in [3.63, 3.8) is 0 Å². The van der Waals surface area contributed by atoms with Gasteiger partial charge in [0.05, 0.1) is 16.9 Å². The van der Waals surface area contributed by atoms with Gasteiger partial charge in [0.1, 0.15) is 5.60 Å². The van der Waals surface area contributed by atoms with Crippen LogP contribution < -0.4 is 0 Å². The number of benzene rings is 1. The molecule has 0 amide bonds. The van der Waals surface area contributed by atoms with E-state index in [0.29, 0.717) is 17.3 Å². The molecule has 1 atom stereocenters. The number of hydrogen-bond donors (Lipinski definition) is 1. The molecule has 3 nitrogen and oxygen atoms in total. The summed E-state index contributed by atoms with van der Waals surface area (Å²) in [5.41, 5.74) is 2.56. The Kier molecular flexibility index (Phi) is 3.70. The molecule has 0 radical (unpaired) electrons. The van der Waals surface area contributed by atoms with Crippen LogP contribution >= 0.6 is 11.6 Å². The largest absolute Gasteiger partial charge is 0.379 e. The third-order valence-electron chi connectivity index (χ3n) is 3.34. The third kappa shape index (κ3) is 2.53. The van der Waals surface area contributed by atoms with Crippen molar-refractivity contribution in [1.29, 1.82) is 0 Å². The Bertz CT molecular complexity index is 582. The Hall–Kier alpha value is -1.32. The highest BCUT2D eigenvalue weighted by molar-refractivity contribution is 6.31. The zero-order valence-corrected chi connectivity index (χ0v) is 12.5. The van der Waals surface area contributed by atoms with Gasteiger partial charge in [-0.1, -0.05) is 40.9 Å². The zero-order chi connectivity index (χ0) is 14.2. The minimum Gasteiger partial charge on any atom is -0.379 e. The molecule has 2 aromatic rings. The summed E-state index contributed by atoms with van der Waals surface area (Å²) in [5.74, 6) is 0. The van der Waals surface area contributed by atoms with Crippen molar-refractivity contribution in [2.24, 2.45) is 0 Å². The molecule has 2 rings (SSSR count). The molecule has 0 bridgehead atoms. The molecule has 0 aliphatic heterocycles. The van der Waals surface area contributed by atoms with E-state index >= 15 is 0 Å². The number of aliphatic hydroxyl groups is 1. The molecule has 4 heteroatoms. The molecule has 1 aromatic carbocycles. The Morgan fingerprint density at radius 1 is 1.26 bits per heavy atom. The van der Waals surface area contributed by atoms with Gasteiger partial charge < -0.3 is 5.11 Å². The molecular formula is C15H19ClN2O. The Morgan fingerprint density at radius 2 is 1.84 bits per heavy atom.